The van der Waals surface area contributed by atoms with Gasteiger partial charge < -0.3 is 9.84 Å². The lowest BCUT2D eigenvalue weighted by molar-refractivity contribution is -0.138. The van der Waals surface area contributed by atoms with Crippen molar-refractivity contribution < 1.29 is 14.6 Å². The summed E-state index contributed by atoms with van der Waals surface area (Å²) in [5, 5.41) is 8.73. The first kappa shape index (κ1) is 10.9. The van der Waals surface area contributed by atoms with E-state index in [1.54, 1.807) is 6.20 Å². The SMILES string of the molecule is Cc1ncc(OCC2CC2C(=O)O)c(C)n1. The number of nitrogens with zero attached hydrogens (tertiary/aromatic N) is 2. The van der Waals surface area contributed by atoms with Crippen molar-refractivity contribution in [3.63, 3.8) is 0 Å². The Morgan fingerprint density at radius 3 is 2.94 bits per heavy atom. The lowest BCUT2D eigenvalue weighted by atomic mass is 10.3. The van der Waals surface area contributed by atoms with Crippen LogP contribution in [0.4, 0.5) is 0 Å². The van der Waals surface area contributed by atoms with Gasteiger partial charge in [0.1, 0.15) is 5.82 Å². The van der Waals surface area contributed by atoms with Crippen LogP contribution in [-0.4, -0.2) is 27.7 Å². The number of carboxylic acids is 1. The Kier molecular flexibility index (Phi) is 2.77. The molecule has 0 aromatic carbocycles. The molecule has 1 fully saturated rings. The Morgan fingerprint density at radius 1 is 1.62 bits per heavy atom. The second kappa shape index (κ2) is 4.08. The normalized spacial score (nSPS) is 22.9. The average Bonchev–Trinajstić information content (AvgIpc) is 2.96. The lowest BCUT2D eigenvalue weighted by Gasteiger charge is -2.07. The minimum atomic E-state index is -0.731. The van der Waals surface area contributed by atoms with Crippen LogP contribution in [0.2, 0.25) is 0 Å². The molecule has 5 nitrogen and oxygen atoms in total. The molecule has 2 unspecified atom stereocenters. The maximum absolute atomic E-state index is 10.6. The highest BCUT2D eigenvalue weighted by atomic mass is 16.5. The van der Waals surface area contributed by atoms with Gasteiger partial charge in [-0.2, -0.15) is 0 Å². The highest BCUT2D eigenvalue weighted by Crippen LogP contribution is 2.38. The fourth-order valence-corrected chi connectivity index (χ4v) is 1.64. The third kappa shape index (κ3) is 2.29. The molecule has 0 saturated heterocycles. The van der Waals surface area contributed by atoms with E-state index < -0.39 is 5.97 Å². The minimum absolute atomic E-state index is 0.137. The third-order valence-electron chi connectivity index (χ3n) is 2.75. The summed E-state index contributed by atoms with van der Waals surface area (Å²) in [6.07, 6.45) is 2.34. The summed E-state index contributed by atoms with van der Waals surface area (Å²) in [7, 11) is 0. The Labute approximate surface area is 93.5 Å². The number of rotatable bonds is 4. The molecule has 1 aliphatic carbocycles. The summed E-state index contributed by atoms with van der Waals surface area (Å²) >= 11 is 0. The van der Waals surface area contributed by atoms with Gasteiger partial charge >= 0.3 is 5.97 Å². The first-order chi connectivity index (χ1) is 7.58. The molecule has 2 rings (SSSR count). The number of aryl methyl sites for hydroxylation is 2. The second-order valence-corrected chi connectivity index (χ2v) is 4.12. The monoisotopic (exact) mass is 222 g/mol. The van der Waals surface area contributed by atoms with Crippen LogP contribution >= 0.6 is 0 Å². The van der Waals surface area contributed by atoms with Crippen LogP contribution in [0.5, 0.6) is 5.75 Å². The molecule has 0 radical (unpaired) electrons. The zero-order valence-electron chi connectivity index (χ0n) is 9.30. The van der Waals surface area contributed by atoms with Gasteiger partial charge in [0.15, 0.2) is 5.75 Å². The predicted molar refractivity (Wildman–Crippen MR) is 56.2 cm³/mol. The van der Waals surface area contributed by atoms with Crippen LogP contribution in [0.15, 0.2) is 6.20 Å². The van der Waals surface area contributed by atoms with Gasteiger partial charge in [-0.15, -0.1) is 0 Å². The summed E-state index contributed by atoms with van der Waals surface area (Å²) in [5.74, 6) is 0.525. The first-order valence-corrected chi connectivity index (χ1v) is 5.23. The highest BCUT2D eigenvalue weighted by Gasteiger charge is 2.43. The van der Waals surface area contributed by atoms with E-state index >= 15 is 0 Å². The van der Waals surface area contributed by atoms with Crippen LogP contribution in [0, 0.1) is 25.7 Å². The van der Waals surface area contributed by atoms with Crippen LogP contribution < -0.4 is 4.74 Å². The Morgan fingerprint density at radius 2 is 2.38 bits per heavy atom. The molecule has 0 amide bonds. The van der Waals surface area contributed by atoms with E-state index in [0.717, 1.165) is 5.69 Å². The van der Waals surface area contributed by atoms with E-state index in [-0.39, 0.29) is 11.8 Å². The largest absolute Gasteiger partial charge is 0.490 e. The third-order valence-corrected chi connectivity index (χ3v) is 2.75. The summed E-state index contributed by atoms with van der Waals surface area (Å²) in [6.45, 7) is 4.11. The molecule has 2 atom stereocenters. The second-order valence-electron chi connectivity index (χ2n) is 4.12. The van der Waals surface area contributed by atoms with Crippen molar-refractivity contribution in [3.05, 3.63) is 17.7 Å². The van der Waals surface area contributed by atoms with Crippen molar-refractivity contribution >= 4 is 5.97 Å². The summed E-state index contributed by atoms with van der Waals surface area (Å²) in [4.78, 5) is 18.8. The average molecular weight is 222 g/mol. The van der Waals surface area contributed by atoms with Gasteiger partial charge in [0.2, 0.25) is 0 Å². The molecule has 1 heterocycles. The van der Waals surface area contributed by atoms with Gasteiger partial charge in [0.05, 0.1) is 24.4 Å². The van der Waals surface area contributed by atoms with Gasteiger partial charge in [0.25, 0.3) is 0 Å². The maximum Gasteiger partial charge on any atom is 0.306 e. The van der Waals surface area contributed by atoms with E-state index in [1.165, 1.54) is 0 Å². The van der Waals surface area contributed by atoms with Crippen LogP contribution in [0.3, 0.4) is 0 Å². The number of aromatic nitrogens is 2. The maximum atomic E-state index is 10.6. The molecule has 0 bridgehead atoms. The molecule has 1 aliphatic rings. The standard InChI is InChI=1S/C11H14N2O3/c1-6-10(4-12-7(2)13-6)16-5-8-3-9(8)11(14)15/h4,8-9H,3,5H2,1-2H3,(H,14,15). The summed E-state index contributed by atoms with van der Waals surface area (Å²) in [6, 6.07) is 0. The van der Waals surface area contributed by atoms with Gasteiger partial charge in [-0.25, -0.2) is 9.97 Å². The van der Waals surface area contributed by atoms with E-state index in [4.69, 9.17) is 9.84 Å². The molecule has 86 valence electrons. The lowest BCUT2D eigenvalue weighted by Crippen LogP contribution is -2.07. The number of carboxylic acid groups (broad SMARTS) is 1. The molecule has 16 heavy (non-hydrogen) atoms. The van der Waals surface area contributed by atoms with Crippen molar-refractivity contribution in [2.45, 2.75) is 20.3 Å². The molecule has 5 heteroatoms. The molecule has 0 spiro atoms. The fraction of sp³-hybridized carbons (Fsp3) is 0.545. The van der Waals surface area contributed by atoms with E-state index in [1.807, 2.05) is 13.8 Å². The topological polar surface area (TPSA) is 72.3 Å². The van der Waals surface area contributed by atoms with E-state index in [2.05, 4.69) is 9.97 Å². The first-order valence-electron chi connectivity index (χ1n) is 5.23. The quantitative estimate of drug-likeness (QED) is 0.828. The summed E-state index contributed by atoms with van der Waals surface area (Å²) < 4.78 is 5.51. The molecule has 1 saturated carbocycles. The zero-order chi connectivity index (χ0) is 11.7. The van der Waals surface area contributed by atoms with E-state index in [0.29, 0.717) is 24.6 Å². The van der Waals surface area contributed by atoms with Gasteiger partial charge in [-0.3, -0.25) is 4.79 Å². The van der Waals surface area contributed by atoms with Crippen molar-refractivity contribution in [3.8, 4) is 5.75 Å². The van der Waals surface area contributed by atoms with Crippen LogP contribution in [-0.2, 0) is 4.79 Å². The van der Waals surface area contributed by atoms with Gasteiger partial charge in [-0.05, 0) is 20.3 Å². The molecule has 1 aromatic rings. The number of aliphatic carboxylic acids is 1. The van der Waals surface area contributed by atoms with Crippen molar-refractivity contribution in [2.75, 3.05) is 6.61 Å². The smallest absolute Gasteiger partial charge is 0.306 e. The van der Waals surface area contributed by atoms with Crippen LogP contribution in [0.1, 0.15) is 17.9 Å². The fourth-order valence-electron chi connectivity index (χ4n) is 1.64. The number of hydrogen-bond acceptors (Lipinski definition) is 4. The Hall–Kier alpha value is -1.65. The number of hydrogen-bond donors (Lipinski definition) is 1. The Balaban J connectivity index is 1.89. The molecule has 1 aromatic heterocycles. The van der Waals surface area contributed by atoms with Crippen LogP contribution in [0.25, 0.3) is 0 Å². The predicted octanol–water partition coefficient (Wildman–Crippen LogP) is 1.19. The van der Waals surface area contributed by atoms with Crippen molar-refractivity contribution in [1.29, 1.82) is 0 Å². The minimum Gasteiger partial charge on any atom is -0.490 e. The number of ether oxygens (including phenoxy) is 1. The van der Waals surface area contributed by atoms with Crippen molar-refractivity contribution in [2.24, 2.45) is 11.8 Å². The zero-order valence-corrected chi connectivity index (χ0v) is 9.30. The number of carbonyl (C=O) groups is 1. The highest BCUT2D eigenvalue weighted by molar-refractivity contribution is 5.73. The van der Waals surface area contributed by atoms with Gasteiger partial charge in [0, 0.05) is 5.92 Å². The summed E-state index contributed by atoms with van der Waals surface area (Å²) in [5.41, 5.74) is 0.792. The Bertz CT molecular complexity index is 420. The molecular formula is C11H14N2O3. The van der Waals surface area contributed by atoms with E-state index in [9.17, 15) is 4.79 Å². The van der Waals surface area contributed by atoms with Gasteiger partial charge in [-0.1, -0.05) is 0 Å². The van der Waals surface area contributed by atoms with Crippen molar-refractivity contribution in [1.82, 2.24) is 9.97 Å². The molecule has 1 N–H and O–H groups in total. The molecule has 0 aliphatic heterocycles. The molecular weight excluding hydrogens is 208 g/mol.